The molecular formula is C20H26ClN3O5. The molecule has 8 nitrogen and oxygen atoms in total. The van der Waals surface area contributed by atoms with Crippen LogP contribution in [0.5, 0.6) is 0 Å². The number of imide groups is 1. The Kier molecular flexibility index (Phi) is 7.61. The summed E-state index contributed by atoms with van der Waals surface area (Å²) in [6.07, 6.45) is 2.14. The Morgan fingerprint density at radius 1 is 1.34 bits per heavy atom. The van der Waals surface area contributed by atoms with E-state index in [2.05, 4.69) is 10.6 Å². The molecule has 158 valence electrons. The van der Waals surface area contributed by atoms with Gasteiger partial charge >= 0.3 is 12.0 Å². The molecule has 4 amide bonds. The van der Waals surface area contributed by atoms with Gasteiger partial charge in [-0.05, 0) is 38.0 Å². The maximum absolute atomic E-state index is 12.5. The fraction of sp³-hybridized carbons (Fsp3) is 0.500. The number of esters is 1. The highest BCUT2D eigenvalue weighted by Gasteiger charge is 2.47. The van der Waals surface area contributed by atoms with E-state index in [1.165, 1.54) is 0 Å². The van der Waals surface area contributed by atoms with E-state index in [0.717, 1.165) is 23.3 Å². The van der Waals surface area contributed by atoms with E-state index < -0.39 is 42.5 Å². The molecule has 1 aliphatic rings. The lowest BCUT2D eigenvalue weighted by molar-refractivity contribution is -0.151. The molecule has 2 rings (SSSR count). The number of nitrogens with zero attached hydrogens (tertiary/aromatic N) is 1. The van der Waals surface area contributed by atoms with Gasteiger partial charge in [-0.15, -0.1) is 0 Å². The molecule has 0 unspecified atom stereocenters. The summed E-state index contributed by atoms with van der Waals surface area (Å²) in [6, 6.07) is 6.08. The summed E-state index contributed by atoms with van der Waals surface area (Å²) in [5.41, 5.74) is -0.209. The molecule has 0 radical (unpaired) electrons. The van der Waals surface area contributed by atoms with Gasteiger partial charge in [-0.1, -0.05) is 43.5 Å². The molecule has 0 spiro atoms. The third kappa shape index (κ3) is 5.93. The minimum Gasteiger partial charge on any atom is -0.454 e. The maximum Gasteiger partial charge on any atom is 0.326 e. The summed E-state index contributed by atoms with van der Waals surface area (Å²) >= 11 is 5.93. The number of carbonyl (C=O) groups is 4. The molecule has 1 aliphatic heterocycles. The van der Waals surface area contributed by atoms with Gasteiger partial charge in [0.1, 0.15) is 12.1 Å². The lowest BCUT2D eigenvalue weighted by atomic mass is 9.95. The minimum atomic E-state index is -1.02. The highest BCUT2D eigenvalue weighted by molar-refractivity contribution is 6.30. The predicted octanol–water partition coefficient (Wildman–Crippen LogP) is 2.56. The number of rotatable bonds is 9. The van der Waals surface area contributed by atoms with Gasteiger partial charge in [-0.25, -0.2) is 4.79 Å². The predicted molar refractivity (Wildman–Crippen MR) is 107 cm³/mol. The minimum absolute atomic E-state index is 0.329. The molecule has 0 bridgehead atoms. The summed E-state index contributed by atoms with van der Waals surface area (Å²) in [5, 5.41) is 5.87. The van der Waals surface area contributed by atoms with Crippen LogP contribution in [0.3, 0.4) is 0 Å². The van der Waals surface area contributed by atoms with Crippen molar-refractivity contribution in [2.75, 3.05) is 13.2 Å². The third-order valence-corrected chi connectivity index (χ3v) is 4.99. The van der Waals surface area contributed by atoms with Gasteiger partial charge in [0.05, 0.1) is 6.04 Å². The number of amides is 4. The Bertz CT molecular complexity index is 800. The number of unbranched alkanes of at least 4 members (excludes halogenated alkanes) is 1. The Morgan fingerprint density at radius 2 is 2.07 bits per heavy atom. The number of nitrogens with one attached hydrogen (secondary N) is 2. The molecule has 9 heteroatoms. The van der Waals surface area contributed by atoms with Crippen LogP contribution in [0.25, 0.3) is 0 Å². The first kappa shape index (κ1) is 22.7. The molecule has 2 N–H and O–H groups in total. The average Bonchev–Trinajstić information content (AvgIpc) is 2.88. The summed E-state index contributed by atoms with van der Waals surface area (Å²) in [4.78, 5) is 49.4. The van der Waals surface area contributed by atoms with Gasteiger partial charge in [0, 0.05) is 5.02 Å². The Labute approximate surface area is 174 Å². The van der Waals surface area contributed by atoms with Gasteiger partial charge in [0.25, 0.3) is 11.8 Å². The smallest absolute Gasteiger partial charge is 0.326 e. The largest absolute Gasteiger partial charge is 0.454 e. The first-order valence-corrected chi connectivity index (χ1v) is 9.88. The van der Waals surface area contributed by atoms with Crippen molar-refractivity contribution in [1.29, 1.82) is 0 Å². The maximum atomic E-state index is 12.5. The number of halogens is 1. The number of hydrogen-bond donors (Lipinski definition) is 2. The lowest BCUT2D eigenvalue weighted by Crippen LogP contribution is -2.44. The number of benzene rings is 1. The zero-order valence-corrected chi connectivity index (χ0v) is 17.5. The second-order valence-corrected chi connectivity index (χ2v) is 7.70. The zero-order chi connectivity index (χ0) is 21.6. The van der Waals surface area contributed by atoms with Crippen LogP contribution >= 0.6 is 11.6 Å². The van der Waals surface area contributed by atoms with Crippen LogP contribution in [0, 0.1) is 0 Å². The Morgan fingerprint density at radius 3 is 2.72 bits per heavy atom. The van der Waals surface area contributed by atoms with Crippen LogP contribution in [0.15, 0.2) is 24.3 Å². The number of urea groups is 1. The van der Waals surface area contributed by atoms with E-state index in [9.17, 15) is 19.2 Å². The van der Waals surface area contributed by atoms with Crippen molar-refractivity contribution < 1.29 is 23.9 Å². The third-order valence-electron chi connectivity index (χ3n) is 4.75. The standard InChI is InChI=1S/C20H26ClN3O5/c1-4-5-9-20(3)18(27)24(19(28)23-20)11-17(26)29-12-16(25)22-13(2)14-7-6-8-15(21)10-14/h6-8,10,13H,4-5,9,11-12H2,1-3H3,(H,22,25)(H,23,28)/t13-,20-/m0/s1. The SMILES string of the molecule is CCCC[C@]1(C)NC(=O)N(CC(=O)OCC(=O)N[C@@H](C)c2cccc(Cl)c2)C1=O. The van der Waals surface area contributed by atoms with E-state index in [0.29, 0.717) is 11.4 Å². The molecule has 1 aromatic carbocycles. The normalized spacial score (nSPS) is 19.7. The van der Waals surface area contributed by atoms with Gasteiger partial charge < -0.3 is 15.4 Å². The fourth-order valence-corrected chi connectivity index (χ4v) is 3.25. The Hall–Kier alpha value is -2.61. The zero-order valence-electron chi connectivity index (χ0n) is 16.8. The van der Waals surface area contributed by atoms with Crippen LogP contribution in [-0.2, 0) is 19.1 Å². The summed E-state index contributed by atoms with van der Waals surface area (Å²) in [6.45, 7) is 4.34. The van der Waals surface area contributed by atoms with Crippen molar-refractivity contribution in [3.63, 3.8) is 0 Å². The lowest BCUT2D eigenvalue weighted by Gasteiger charge is -2.21. The quantitative estimate of drug-likeness (QED) is 0.469. The monoisotopic (exact) mass is 423 g/mol. The fourth-order valence-electron chi connectivity index (χ4n) is 3.05. The van der Waals surface area contributed by atoms with Crippen LogP contribution < -0.4 is 10.6 Å². The summed E-state index contributed by atoms with van der Waals surface area (Å²) < 4.78 is 4.92. The molecule has 1 heterocycles. The van der Waals surface area contributed by atoms with Crippen molar-refractivity contribution in [1.82, 2.24) is 15.5 Å². The van der Waals surface area contributed by atoms with Crippen molar-refractivity contribution in [2.24, 2.45) is 0 Å². The topological polar surface area (TPSA) is 105 Å². The highest BCUT2D eigenvalue weighted by Crippen LogP contribution is 2.23. The first-order chi connectivity index (χ1) is 13.7. The van der Waals surface area contributed by atoms with E-state index >= 15 is 0 Å². The van der Waals surface area contributed by atoms with E-state index in [-0.39, 0.29) is 6.04 Å². The number of ether oxygens (including phenoxy) is 1. The van der Waals surface area contributed by atoms with Crippen LogP contribution in [-0.4, -0.2) is 47.4 Å². The Balaban J connectivity index is 1.82. The van der Waals surface area contributed by atoms with Crippen LogP contribution in [0.4, 0.5) is 4.79 Å². The van der Waals surface area contributed by atoms with E-state index in [1.807, 2.05) is 13.0 Å². The molecule has 29 heavy (non-hydrogen) atoms. The van der Waals surface area contributed by atoms with Crippen molar-refractivity contribution in [2.45, 2.75) is 51.6 Å². The summed E-state index contributed by atoms with van der Waals surface area (Å²) in [5.74, 6) is -1.80. The van der Waals surface area contributed by atoms with Gasteiger partial charge in [-0.3, -0.25) is 19.3 Å². The molecular weight excluding hydrogens is 398 g/mol. The second-order valence-electron chi connectivity index (χ2n) is 7.26. The van der Waals surface area contributed by atoms with E-state index in [1.54, 1.807) is 32.0 Å². The van der Waals surface area contributed by atoms with Crippen molar-refractivity contribution in [3.8, 4) is 0 Å². The van der Waals surface area contributed by atoms with Crippen LogP contribution in [0.1, 0.15) is 51.6 Å². The highest BCUT2D eigenvalue weighted by atomic mass is 35.5. The van der Waals surface area contributed by atoms with Gasteiger partial charge in [0.2, 0.25) is 0 Å². The van der Waals surface area contributed by atoms with Gasteiger partial charge in [-0.2, -0.15) is 0 Å². The molecule has 0 saturated carbocycles. The molecule has 1 fully saturated rings. The molecule has 0 aromatic heterocycles. The van der Waals surface area contributed by atoms with Gasteiger partial charge in [0.15, 0.2) is 6.61 Å². The first-order valence-electron chi connectivity index (χ1n) is 9.51. The van der Waals surface area contributed by atoms with Crippen molar-refractivity contribution in [3.05, 3.63) is 34.9 Å². The molecule has 2 atom stereocenters. The van der Waals surface area contributed by atoms with Crippen molar-refractivity contribution >= 4 is 35.4 Å². The summed E-state index contributed by atoms with van der Waals surface area (Å²) in [7, 11) is 0. The second kappa shape index (κ2) is 9.73. The average molecular weight is 424 g/mol. The van der Waals surface area contributed by atoms with E-state index in [4.69, 9.17) is 16.3 Å². The number of carbonyl (C=O) groups excluding carboxylic acids is 4. The molecule has 0 aliphatic carbocycles. The molecule has 1 saturated heterocycles. The number of hydrogen-bond acceptors (Lipinski definition) is 5. The molecule has 1 aromatic rings. The van der Waals surface area contributed by atoms with Crippen LogP contribution in [0.2, 0.25) is 5.02 Å².